The van der Waals surface area contributed by atoms with E-state index < -0.39 is 23.7 Å². The van der Waals surface area contributed by atoms with E-state index in [0.29, 0.717) is 11.5 Å². The molecule has 2 aromatic carbocycles. The monoisotopic (exact) mass is 311 g/mol. The normalized spacial score (nSPS) is 16.0. The summed E-state index contributed by atoms with van der Waals surface area (Å²) in [6.07, 6.45) is 0.685. The van der Waals surface area contributed by atoms with Gasteiger partial charge in [0.25, 0.3) is 11.8 Å². The van der Waals surface area contributed by atoms with Crippen LogP contribution in [0.5, 0.6) is 0 Å². The van der Waals surface area contributed by atoms with Crippen molar-refractivity contribution in [1.82, 2.24) is 5.06 Å². The summed E-state index contributed by atoms with van der Waals surface area (Å²) in [7, 11) is 0. The molecule has 0 aromatic heterocycles. The van der Waals surface area contributed by atoms with E-state index in [9.17, 15) is 14.4 Å². The zero-order valence-corrected chi connectivity index (χ0v) is 12.8. The molecule has 0 aliphatic carbocycles. The van der Waals surface area contributed by atoms with Gasteiger partial charge in [0.05, 0.1) is 5.92 Å². The topological polar surface area (TPSA) is 63.7 Å². The number of carbonyl (C=O) groups is 3. The van der Waals surface area contributed by atoms with Crippen molar-refractivity contribution in [2.75, 3.05) is 0 Å². The zero-order chi connectivity index (χ0) is 16.4. The Morgan fingerprint density at radius 1 is 1.09 bits per heavy atom. The molecule has 3 rings (SSSR count). The lowest BCUT2D eigenvalue weighted by molar-refractivity contribution is -0.200. The smallest absolute Gasteiger partial charge is 0.330 e. The summed E-state index contributed by atoms with van der Waals surface area (Å²) in [4.78, 5) is 40.1. The Bertz CT molecular complexity index is 762. The minimum Gasteiger partial charge on any atom is -0.330 e. The number of fused-ring (bicyclic) bond motifs is 1. The van der Waals surface area contributed by atoms with Crippen molar-refractivity contribution in [3.8, 4) is 0 Å². The number of hydroxylamine groups is 2. The van der Waals surface area contributed by atoms with Crippen LogP contribution in [0.15, 0.2) is 42.5 Å². The number of carbonyl (C=O) groups excluding carboxylic acids is 3. The number of imide groups is 1. The Labute approximate surface area is 133 Å². The maximum atomic E-state index is 12.2. The SMILES string of the molecule is C[C@@H](Cc1cccc2ccccc12)C(=O)ON1C(=O)CCC1=O. The van der Waals surface area contributed by atoms with Crippen molar-refractivity contribution < 1.29 is 19.2 Å². The Balaban J connectivity index is 1.73. The van der Waals surface area contributed by atoms with Crippen LogP contribution in [-0.4, -0.2) is 22.8 Å². The fraction of sp³-hybridized carbons (Fsp3) is 0.278. The van der Waals surface area contributed by atoms with E-state index in [1.165, 1.54) is 0 Å². The third-order valence-electron chi connectivity index (χ3n) is 4.00. The molecule has 0 spiro atoms. The fourth-order valence-corrected chi connectivity index (χ4v) is 2.72. The lowest BCUT2D eigenvalue weighted by Gasteiger charge is -2.17. The van der Waals surface area contributed by atoms with Crippen molar-refractivity contribution in [2.45, 2.75) is 26.2 Å². The highest BCUT2D eigenvalue weighted by Crippen LogP contribution is 2.22. The summed E-state index contributed by atoms with van der Waals surface area (Å²) in [5.41, 5.74) is 1.03. The number of amides is 2. The molecule has 1 aliphatic rings. The van der Waals surface area contributed by atoms with Crippen LogP contribution in [0.25, 0.3) is 10.8 Å². The van der Waals surface area contributed by atoms with Gasteiger partial charge in [-0.15, -0.1) is 5.06 Å². The second-order valence-corrected chi connectivity index (χ2v) is 5.74. The molecule has 0 N–H and O–H groups in total. The van der Waals surface area contributed by atoms with E-state index in [1.807, 2.05) is 42.5 Å². The second-order valence-electron chi connectivity index (χ2n) is 5.74. The summed E-state index contributed by atoms with van der Waals surface area (Å²) in [6, 6.07) is 13.9. The van der Waals surface area contributed by atoms with Gasteiger partial charge in [0, 0.05) is 12.8 Å². The molecule has 1 saturated heterocycles. The average Bonchev–Trinajstić information content (AvgIpc) is 2.87. The highest BCUT2D eigenvalue weighted by molar-refractivity contribution is 6.01. The van der Waals surface area contributed by atoms with Crippen molar-refractivity contribution in [2.24, 2.45) is 5.92 Å². The van der Waals surface area contributed by atoms with Crippen LogP contribution in [0.3, 0.4) is 0 Å². The molecule has 1 atom stereocenters. The molecule has 1 aliphatic heterocycles. The zero-order valence-electron chi connectivity index (χ0n) is 12.8. The van der Waals surface area contributed by atoms with Gasteiger partial charge in [-0.25, -0.2) is 4.79 Å². The molecule has 0 unspecified atom stereocenters. The van der Waals surface area contributed by atoms with E-state index in [4.69, 9.17) is 4.84 Å². The largest absolute Gasteiger partial charge is 0.336 e. The minimum absolute atomic E-state index is 0.101. The molecule has 0 saturated carbocycles. The van der Waals surface area contributed by atoms with Crippen molar-refractivity contribution in [1.29, 1.82) is 0 Å². The minimum atomic E-state index is -0.568. The van der Waals surface area contributed by atoms with E-state index in [0.717, 1.165) is 16.3 Å². The highest BCUT2D eigenvalue weighted by Gasteiger charge is 2.34. The summed E-state index contributed by atoms with van der Waals surface area (Å²) in [6.45, 7) is 1.73. The maximum absolute atomic E-state index is 12.2. The Kier molecular flexibility index (Phi) is 4.10. The van der Waals surface area contributed by atoms with Gasteiger partial charge in [-0.1, -0.05) is 49.4 Å². The number of benzene rings is 2. The molecule has 2 aromatic rings. The third kappa shape index (κ3) is 3.08. The van der Waals surface area contributed by atoms with Gasteiger partial charge in [-0.2, -0.15) is 0 Å². The van der Waals surface area contributed by atoms with E-state index >= 15 is 0 Å². The van der Waals surface area contributed by atoms with Crippen LogP contribution in [-0.2, 0) is 25.6 Å². The van der Waals surface area contributed by atoms with Gasteiger partial charge >= 0.3 is 5.97 Å². The average molecular weight is 311 g/mol. The van der Waals surface area contributed by atoms with Gasteiger partial charge in [-0.3, -0.25) is 9.59 Å². The van der Waals surface area contributed by atoms with Crippen LogP contribution >= 0.6 is 0 Å². The Hall–Kier alpha value is -2.69. The molecule has 1 fully saturated rings. The van der Waals surface area contributed by atoms with Crippen molar-refractivity contribution in [3.63, 3.8) is 0 Å². The predicted molar refractivity (Wildman–Crippen MR) is 84.0 cm³/mol. The molecule has 5 nitrogen and oxygen atoms in total. The first-order valence-corrected chi connectivity index (χ1v) is 7.60. The number of rotatable bonds is 4. The maximum Gasteiger partial charge on any atom is 0.336 e. The fourth-order valence-electron chi connectivity index (χ4n) is 2.72. The number of hydrogen-bond acceptors (Lipinski definition) is 4. The Morgan fingerprint density at radius 2 is 1.74 bits per heavy atom. The van der Waals surface area contributed by atoms with E-state index in [1.54, 1.807) is 6.92 Å². The molecule has 5 heteroatoms. The molecule has 0 bridgehead atoms. The third-order valence-corrected chi connectivity index (χ3v) is 4.00. The van der Waals surface area contributed by atoms with Crippen LogP contribution in [0, 0.1) is 5.92 Å². The van der Waals surface area contributed by atoms with Crippen LogP contribution < -0.4 is 0 Å². The summed E-state index contributed by atoms with van der Waals surface area (Å²) in [5, 5.41) is 2.79. The molecule has 2 amide bonds. The Morgan fingerprint density at radius 3 is 2.48 bits per heavy atom. The van der Waals surface area contributed by atoms with Gasteiger partial charge in [-0.05, 0) is 22.8 Å². The van der Waals surface area contributed by atoms with Crippen molar-refractivity contribution >= 4 is 28.6 Å². The first-order chi connectivity index (χ1) is 11.1. The quantitative estimate of drug-likeness (QED) is 0.814. The van der Waals surface area contributed by atoms with E-state index in [2.05, 4.69) is 0 Å². The molecule has 1 heterocycles. The first kappa shape index (κ1) is 15.2. The van der Waals surface area contributed by atoms with Crippen molar-refractivity contribution in [3.05, 3.63) is 48.0 Å². The first-order valence-electron chi connectivity index (χ1n) is 7.60. The molecule has 0 radical (unpaired) electrons. The van der Waals surface area contributed by atoms with Gasteiger partial charge in [0.2, 0.25) is 0 Å². The lowest BCUT2D eigenvalue weighted by atomic mass is 9.96. The summed E-state index contributed by atoms with van der Waals surface area (Å²) >= 11 is 0. The standard InChI is InChI=1S/C18H17NO4/c1-12(18(22)23-19-16(20)9-10-17(19)21)11-14-7-4-6-13-5-2-3-8-15(13)14/h2-8,12H,9-11H2,1H3/t12-/m0/s1. The molecular formula is C18H17NO4. The van der Waals surface area contributed by atoms with Crippen LogP contribution in [0.1, 0.15) is 25.3 Å². The molecule has 118 valence electrons. The van der Waals surface area contributed by atoms with Crippen LogP contribution in [0.4, 0.5) is 0 Å². The van der Waals surface area contributed by atoms with Crippen LogP contribution in [0.2, 0.25) is 0 Å². The van der Waals surface area contributed by atoms with E-state index in [-0.39, 0.29) is 12.8 Å². The second kappa shape index (κ2) is 6.20. The number of hydrogen-bond donors (Lipinski definition) is 0. The summed E-state index contributed by atoms with van der Waals surface area (Å²) < 4.78 is 0. The predicted octanol–water partition coefficient (Wildman–Crippen LogP) is 2.63. The highest BCUT2D eigenvalue weighted by atomic mass is 16.7. The van der Waals surface area contributed by atoms with Gasteiger partial charge in [0.15, 0.2) is 0 Å². The molecular weight excluding hydrogens is 294 g/mol. The lowest BCUT2D eigenvalue weighted by Crippen LogP contribution is -2.34. The summed E-state index contributed by atoms with van der Waals surface area (Å²) in [5.74, 6) is -1.94. The molecule has 23 heavy (non-hydrogen) atoms. The van der Waals surface area contributed by atoms with Gasteiger partial charge < -0.3 is 4.84 Å². The van der Waals surface area contributed by atoms with Gasteiger partial charge in [0.1, 0.15) is 0 Å². The number of nitrogens with zero attached hydrogens (tertiary/aromatic N) is 1.